The first kappa shape index (κ1) is 10.7. The minimum atomic E-state index is -0.296. The summed E-state index contributed by atoms with van der Waals surface area (Å²) in [6.45, 7) is 1.86. The molecule has 0 aliphatic carbocycles. The van der Waals surface area contributed by atoms with E-state index in [4.69, 9.17) is 11.6 Å². The predicted octanol–water partition coefficient (Wildman–Crippen LogP) is 2.35. The molecule has 1 saturated heterocycles. The van der Waals surface area contributed by atoms with Gasteiger partial charge in [-0.05, 0) is 18.2 Å². The Hall–Kier alpha value is -1.39. The zero-order valence-corrected chi connectivity index (χ0v) is 9.78. The molecule has 0 unspecified atom stereocenters. The van der Waals surface area contributed by atoms with Crippen molar-refractivity contribution in [3.05, 3.63) is 47.3 Å². The van der Waals surface area contributed by atoms with E-state index >= 15 is 0 Å². The number of hydrogen-bond donors (Lipinski definition) is 1. The van der Waals surface area contributed by atoms with Gasteiger partial charge in [0, 0.05) is 30.9 Å². The summed E-state index contributed by atoms with van der Waals surface area (Å²) < 4.78 is 15.1. The van der Waals surface area contributed by atoms with Gasteiger partial charge in [-0.3, -0.25) is 0 Å². The highest BCUT2D eigenvalue weighted by atomic mass is 35.5. The number of aromatic nitrogens is 2. The van der Waals surface area contributed by atoms with E-state index in [1.165, 1.54) is 12.1 Å². The Kier molecular flexibility index (Phi) is 2.61. The average Bonchev–Trinajstić information content (AvgIpc) is 2.68. The molecule has 0 radical (unpaired) electrons. The average molecular weight is 252 g/mol. The molecule has 2 aromatic rings. The Labute approximate surface area is 103 Å². The molecule has 1 aliphatic heterocycles. The molecule has 0 saturated carbocycles. The van der Waals surface area contributed by atoms with Crippen LogP contribution in [0.1, 0.15) is 11.6 Å². The monoisotopic (exact) mass is 251 g/mol. The Balaban J connectivity index is 2.08. The third kappa shape index (κ3) is 1.83. The summed E-state index contributed by atoms with van der Waals surface area (Å²) in [5, 5.41) is 3.73. The fraction of sp³-hybridized carbons (Fsp3) is 0.250. The van der Waals surface area contributed by atoms with E-state index in [9.17, 15) is 4.39 Å². The van der Waals surface area contributed by atoms with Crippen LogP contribution < -0.4 is 5.32 Å². The molecule has 2 heterocycles. The molecule has 0 amide bonds. The second-order valence-electron chi connectivity index (χ2n) is 4.14. The molecule has 1 aromatic heterocycles. The molecule has 0 bridgehead atoms. The number of imidazole rings is 1. The van der Waals surface area contributed by atoms with Gasteiger partial charge in [0.1, 0.15) is 5.82 Å². The normalized spacial score (nSPS) is 15.9. The second kappa shape index (κ2) is 4.13. The lowest BCUT2D eigenvalue weighted by atomic mass is 10.00. The van der Waals surface area contributed by atoms with Crippen molar-refractivity contribution in [2.45, 2.75) is 5.92 Å². The van der Waals surface area contributed by atoms with Gasteiger partial charge in [0.15, 0.2) is 0 Å². The van der Waals surface area contributed by atoms with Gasteiger partial charge in [0.2, 0.25) is 0 Å². The molecule has 1 fully saturated rings. The van der Waals surface area contributed by atoms with Gasteiger partial charge in [-0.15, -0.1) is 0 Å². The Morgan fingerprint density at radius 2 is 2.24 bits per heavy atom. The summed E-state index contributed by atoms with van der Waals surface area (Å²) in [4.78, 5) is 4.13. The van der Waals surface area contributed by atoms with Crippen LogP contribution in [0.4, 0.5) is 4.39 Å². The number of benzene rings is 1. The first-order chi connectivity index (χ1) is 8.25. The Morgan fingerprint density at radius 3 is 2.94 bits per heavy atom. The van der Waals surface area contributed by atoms with E-state index in [0.29, 0.717) is 16.6 Å². The van der Waals surface area contributed by atoms with Crippen LogP contribution in [0.2, 0.25) is 5.02 Å². The van der Waals surface area contributed by atoms with E-state index < -0.39 is 0 Å². The lowest BCUT2D eigenvalue weighted by Gasteiger charge is -2.28. The van der Waals surface area contributed by atoms with Gasteiger partial charge >= 0.3 is 0 Å². The lowest BCUT2D eigenvalue weighted by molar-refractivity contribution is 0.435. The molecule has 88 valence electrons. The van der Waals surface area contributed by atoms with Crippen LogP contribution in [0.25, 0.3) is 5.69 Å². The van der Waals surface area contributed by atoms with E-state index in [-0.39, 0.29) is 5.82 Å². The minimum Gasteiger partial charge on any atom is -0.315 e. The van der Waals surface area contributed by atoms with E-state index in [2.05, 4.69) is 10.3 Å². The molecule has 1 aromatic carbocycles. The maximum atomic E-state index is 13.3. The van der Waals surface area contributed by atoms with Gasteiger partial charge in [0.25, 0.3) is 0 Å². The van der Waals surface area contributed by atoms with Crippen molar-refractivity contribution in [2.75, 3.05) is 13.1 Å². The number of hydrogen-bond acceptors (Lipinski definition) is 2. The van der Waals surface area contributed by atoms with Crippen molar-refractivity contribution in [3.8, 4) is 5.69 Å². The molecule has 3 nitrogen and oxygen atoms in total. The highest BCUT2D eigenvalue weighted by Gasteiger charge is 2.23. The molecule has 1 N–H and O–H groups in total. The Morgan fingerprint density at radius 1 is 1.41 bits per heavy atom. The fourth-order valence-corrected chi connectivity index (χ4v) is 2.19. The maximum Gasteiger partial charge on any atom is 0.125 e. The zero-order chi connectivity index (χ0) is 11.8. The van der Waals surface area contributed by atoms with Gasteiger partial charge in [-0.1, -0.05) is 11.6 Å². The van der Waals surface area contributed by atoms with Crippen LogP contribution in [0.3, 0.4) is 0 Å². The summed E-state index contributed by atoms with van der Waals surface area (Å²) >= 11 is 6.09. The number of nitrogens with zero attached hydrogens (tertiary/aromatic N) is 2. The van der Waals surface area contributed by atoms with Crippen LogP contribution in [-0.2, 0) is 0 Å². The lowest BCUT2D eigenvalue weighted by Crippen LogP contribution is -2.40. The zero-order valence-electron chi connectivity index (χ0n) is 9.03. The first-order valence-corrected chi connectivity index (χ1v) is 5.82. The largest absolute Gasteiger partial charge is 0.315 e. The third-order valence-corrected chi connectivity index (χ3v) is 3.35. The fourth-order valence-electron chi connectivity index (χ4n) is 1.98. The van der Waals surface area contributed by atoms with E-state index in [0.717, 1.165) is 18.8 Å². The van der Waals surface area contributed by atoms with Crippen molar-refractivity contribution in [3.63, 3.8) is 0 Å². The quantitative estimate of drug-likeness (QED) is 0.888. The number of halogens is 2. The number of nitrogens with one attached hydrogen (secondary N) is 1. The summed E-state index contributed by atoms with van der Waals surface area (Å²) in [7, 11) is 0. The van der Waals surface area contributed by atoms with Crippen molar-refractivity contribution in [2.24, 2.45) is 0 Å². The summed E-state index contributed by atoms with van der Waals surface area (Å²) in [5.41, 5.74) is 1.71. The smallest absolute Gasteiger partial charge is 0.125 e. The van der Waals surface area contributed by atoms with Crippen LogP contribution >= 0.6 is 11.6 Å². The van der Waals surface area contributed by atoms with E-state index in [1.54, 1.807) is 12.4 Å². The van der Waals surface area contributed by atoms with Crippen LogP contribution in [0.15, 0.2) is 30.7 Å². The first-order valence-electron chi connectivity index (χ1n) is 5.44. The standard InChI is InChI=1S/C12H11ClFN3/c13-10-2-1-9(14)3-11(10)17-7-16-6-12(17)8-4-15-5-8/h1-3,6-8,15H,4-5H2. The van der Waals surface area contributed by atoms with Gasteiger partial charge < -0.3 is 9.88 Å². The molecular weight excluding hydrogens is 241 g/mol. The van der Waals surface area contributed by atoms with Crippen molar-refractivity contribution in [1.82, 2.24) is 14.9 Å². The minimum absolute atomic E-state index is 0.296. The molecular formula is C12H11ClFN3. The van der Waals surface area contributed by atoms with Crippen LogP contribution in [-0.4, -0.2) is 22.6 Å². The number of rotatable bonds is 2. The predicted molar refractivity (Wildman–Crippen MR) is 64.1 cm³/mol. The van der Waals surface area contributed by atoms with Gasteiger partial charge in [0.05, 0.1) is 17.0 Å². The molecule has 17 heavy (non-hydrogen) atoms. The summed E-state index contributed by atoms with van der Waals surface area (Å²) in [6.07, 6.45) is 3.49. The molecule has 0 atom stereocenters. The van der Waals surface area contributed by atoms with Gasteiger partial charge in [-0.25, -0.2) is 9.37 Å². The van der Waals surface area contributed by atoms with Crippen molar-refractivity contribution >= 4 is 11.6 Å². The highest BCUT2D eigenvalue weighted by molar-refractivity contribution is 6.32. The summed E-state index contributed by atoms with van der Waals surface area (Å²) in [6, 6.07) is 4.35. The van der Waals surface area contributed by atoms with Crippen LogP contribution in [0.5, 0.6) is 0 Å². The van der Waals surface area contributed by atoms with E-state index in [1.807, 2.05) is 10.8 Å². The molecule has 3 rings (SSSR count). The van der Waals surface area contributed by atoms with Crippen molar-refractivity contribution in [1.29, 1.82) is 0 Å². The van der Waals surface area contributed by atoms with Crippen molar-refractivity contribution < 1.29 is 4.39 Å². The van der Waals surface area contributed by atoms with Gasteiger partial charge in [-0.2, -0.15) is 0 Å². The molecule has 1 aliphatic rings. The molecule has 5 heteroatoms. The van der Waals surface area contributed by atoms with Crippen LogP contribution in [0, 0.1) is 5.82 Å². The topological polar surface area (TPSA) is 29.9 Å². The Bertz CT molecular complexity index is 548. The molecule has 0 spiro atoms. The second-order valence-corrected chi connectivity index (χ2v) is 4.55. The maximum absolute atomic E-state index is 13.3. The summed E-state index contributed by atoms with van der Waals surface area (Å²) in [5.74, 6) is 0.132. The highest BCUT2D eigenvalue weighted by Crippen LogP contribution is 2.27. The third-order valence-electron chi connectivity index (χ3n) is 3.03. The SMILES string of the molecule is Fc1ccc(Cl)c(-n2cncc2C2CNC2)c1.